The zero-order chi connectivity index (χ0) is 7.49. The van der Waals surface area contributed by atoms with Gasteiger partial charge in [0.15, 0.2) is 0 Å². The highest BCUT2D eigenvalue weighted by Crippen LogP contribution is 2.22. The third-order valence-corrected chi connectivity index (χ3v) is 0.481. The van der Waals surface area contributed by atoms with Crippen LogP contribution in [-0.2, 0) is 15.0 Å². The van der Waals surface area contributed by atoms with Crippen LogP contribution >= 0.6 is 0 Å². The van der Waals surface area contributed by atoms with Gasteiger partial charge in [-0.05, 0) is 9.05 Å². The van der Waals surface area contributed by atoms with E-state index in [2.05, 4.69) is 0 Å². The van der Waals surface area contributed by atoms with Gasteiger partial charge in [0.1, 0.15) is 0 Å². The summed E-state index contributed by atoms with van der Waals surface area (Å²) < 4.78 is 43.8. The van der Waals surface area contributed by atoms with Crippen LogP contribution in [0.5, 0.6) is 0 Å². The van der Waals surface area contributed by atoms with Crippen molar-refractivity contribution in [3.8, 4) is 0 Å². The maximum atomic E-state index is 11.5. The molecular weight excluding hydrogens is 148 g/mol. The molecule has 0 N–H and O–H groups in total. The Bertz CT molecular complexity index is 81.9. The van der Waals surface area contributed by atoms with Crippen molar-refractivity contribution in [2.24, 2.45) is 0 Å². The van der Waals surface area contributed by atoms with Gasteiger partial charge in [-0.2, -0.15) is 9.50 Å². The molecule has 0 aromatic carbocycles. The van der Waals surface area contributed by atoms with Gasteiger partial charge in [-0.25, -0.2) is 4.39 Å². The Hall–Kier alpha value is -0.400. The van der Waals surface area contributed by atoms with Gasteiger partial charge in [-0.1, -0.05) is 0 Å². The molecule has 0 rings (SSSR count). The topological polar surface area (TPSA) is 38.4 Å². The van der Waals surface area contributed by atoms with Crippen molar-refractivity contribution in [1.29, 1.82) is 0 Å². The highest BCUT2D eigenvalue weighted by molar-refractivity contribution is 4.50. The van der Waals surface area contributed by atoms with Crippen LogP contribution in [0.15, 0.2) is 0 Å². The van der Waals surface area contributed by atoms with Crippen LogP contribution < -0.4 is 0 Å². The summed E-state index contributed by atoms with van der Waals surface area (Å²) in [5.41, 5.74) is 0. The minimum atomic E-state index is -4.47. The monoisotopic (exact) mass is 149 g/mol. The lowest BCUT2D eigenvalue weighted by molar-refractivity contribution is -0.506. The highest BCUT2D eigenvalue weighted by Gasteiger charge is 2.46. The Labute approximate surface area is 46.6 Å². The molecule has 0 aliphatic rings. The van der Waals surface area contributed by atoms with Gasteiger partial charge < -0.3 is 0 Å². The van der Waals surface area contributed by atoms with Gasteiger partial charge in [-0.3, -0.25) is 0 Å². The number of hydrogen-bond donors (Lipinski definition) is 0. The van der Waals surface area contributed by atoms with Gasteiger partial charge in [0, 0.05) is 0 Å². The summed E-state index contributed by atoms with van der Waals surface area (Å²) in [7, 11) is 0. The van der Waals surface area contributed by atoms with Crippen molar-refractivity contribution in [3.63, 3.8) is 0 Å². The molecule has 1 atom stereocenters. The summed E-state index contributed by atoms with van der Waals surface area (Å²) in [6.07, 6.45) is -3.78. The number of halogens is 4. The molecule has 0 saturated carbocycles. The van der Waals surface area contributed by atoms with Gasteiger partial charge in [0.05, 0.1) is 0 Å². The van der Waals surface area contributed by atoms with Gasteiger partial charge in [-0.15, -0.1) is 9.88 Å². The van der Waals surface area contributed by atoms with Crippen molar-refractivity contribution in [2.45, 2.75) is 12.4 Å². The third kappa shape index (κ3) is 1.77. The molecule has 0 bridgehead atoms. The summed E-state index contributed by atoms with van der Waals surface area (Å²) >= 11 is 0. The molecule has 1 radical (unpaired) electrons. The molecule has 9 heavy (non-hydrogen) atoms. The van der Waals surface area contributed by atoms with E-state index in [1.165, 1.54) is 0 Å². The second-order valence-corrected chi connectivity index (χ2v) is 1.05. The van der Waals surface area contributed by atoms with Crippen LogP contribution in [0.4, 0.5) is 17.8 Å². The van der Waals surface area contributed by atoms with Crippen LogP contribution in [-0.4, -0.2) is 12.4 Å². The molecule has 0 spiro atoms. The fourth-order valence-electron chi connectivity index (χ4n) is 0.0819. The molecule has 0 amide bonds. The Kier molecular flexibility index (Phi) is 2.82. The van der Waals surface area contributed by atoms with E-state index in [1.807, 2.05) is 9.88 Å². The Balaban J connectivity index is 3.92. The lowest BCUT2D eigenvalue weighted by Gasteiger charge is -2.11. The standard InChI is InChI=1S/C2HF4O3/c3-1(7)2(4,8-5)9-6/h1H. The minimum absolute atomic E-state index is 1.90. The lowest BCUT2D eigenvalue weighted by atomic mass is 10.6. The zero-order valence-corrected chi connectivity index (χ0v) is 3.81. The molecule has 0 aliphatic carbocycles. The van der Waals surface area contributed by atoms with Crippen molar-refractivity contribution < 1.29 is 32.8 Å². The second kappa shape index (κ2) is 2.95. The maximum Gasteiger partial charge on any atom is 0.440 e. The van der Waals surface area contributed by atoms with Crippen molar-refractivity contribution in [2.75, 3.05) is 0 Å². The van der Waals surface area contributed by atoms with Crippen LogP contribution in [0, 0.1) is 0 Å². The van der Waals surface area contributed by atoms with E-state index < -0.39 is 12.4 Å². The number of alkyl halides is 2. The van der Waals surface area contributed by atoms with Gasteiger partial charge in [0.2, 0.25) is 0 Å². The summed E-state index contributed by atoms with van der Waals surface area (Å²) in [6, 6.07) is -4.47. The highest BCUT2D eigenvalue weighted by atomic mass is 19.3. The Morgan fingerprint density at radius 2 is 1.67 bits per heavy atom. The predicted octanol–water partition coefficient (Wildman–Crippen LogP) is 1.14. The van der Waals surface area contributed by atoms with E-state index in [4.69, 9.17) is 0 Å². The number of hydrogen-bond acceptors (Lipinski definition) is 2. The van der Waals surface area contributed by atoms with E-state index in [-0.39, 0.29) is 0 Å². The maximum absolute atomic E-state index is 11.5. The largest absolute Gasteiger partial charge is 0.440 e. The SMILES string of the molecule is [O]C(F)C(F)(OF)OF. The molecule has 0 heterocycles. The lowest BCUT2D eigenvalue weighted by Crippen LogP contribution is -2.35. The summed E-state index contributed by atoms with van der Waals surface area (Å²) in [5, 5.41) is 9.24. The van der Waals surface area contributed by atoms with Crippen LogP contribution in [0.1, 0.15) is 0 Å². The van der Waals surface area contributed by atoms with Crippen LogP contribution in [0.2, 0.25) is 0 Å². The van der Waals surface area contributed by atoms with Crippen molar-refractivity contribution in [3.05, 3.63) is 0 Å². The number of rotatable bonds is 3. The molecule has 0 aromatic heterocycles. The summed E-state index contributed by atoms with van der Waals surface area (Å²) in [5.74, 6) is 0. The second-order valence-electron chi connectivity index (χ2n) is 1.05. The molecule has 3 nitrogen and oxygen atoms in total. The minimum Gasteiger partial charge on any atom is -0.203 e. The quantitative estimate of drug-likeness (QED) is 0.445. The van der Waals surface area contributed by atoms with Gasteiger partial charge in [0.25, 0.3) is 0 Å². The summed E-state index contributed by atoms with van der Waals surface area (Å²) in [4.78, 5) is 3.79. The predicted molar refractivity (Wildman–Crippen MR) is 13.8 cm³/mol. The third-order valence-electron chi connectivity index (χ3n) is 0.481. The van der Waals surface area contributed by atoms with Gasteiger partial charge >= 0.3 is 12.4 Å². The molecule has 0 aliphatic heterocycles. The smallest absolute Gasteiger partial charge is 0.203 e. The van der Waals surface area contributed by atoms with E-state index in [0.717, 1.165) is 0 Å². The van der Waals surface area contributed by atoms with Crippen LogP contribution in [0.25, 0.3) is 0 Å². The first-order chi connectivity index (χ1) is 4.06. The molecule has 7 heteroatoms. The molecule has 0 saturated heterocycles. The summed E-state index contributed by atoms with van der Waals surface area (Å²) in [6.45, 7) is 0. The fourth-order valence-corrected chi connectivity index (χ4v) is 0.0819. The Morgan fingerprint density at radius 3 is 1.67 bits per heavy atom. The first kappa shape index (κ1) is 8.60. The zero-order valence-electron chi connectivity index (χ0n) is 3.81. The normalized spacial score (nSPS) is 15.7. The molecular formula is C2HF4O3. The fraction of sp³-hybridized carbons (Fsp3) is 1.00. The van der Waals surface area contributed by atoms with E-state index in [0.29, 0.717) is 0 Å². The van der Waals surface area contributed by atoms with E-state index in [1.54, 1.807) is 0 Å². The van der Waals surface area contributed by atoms with Crippen molar-refractivity contribution >= 4 is 0 Å². The van der Waals surface area contributed by atoms with Crippen molar-refractivity contribution in [1.82, 2.24) is 0 Å². The van der Waals surface area contributed by atoms with E-state index in [9.17, 15) is 22.9 Å². The Morgan fingerprint density at radius 1 is 1.33 bits per heavy atom. The molecule has 1 unspecified atom stereocenters. The average molecular weight is 149 g/mol. The molecule has 0 fully saturated rings. The van der Waals surface area contributed by atoms with E-state index >= 15 is 0 Å². The first-order valence-electron chi connectivity index (χ1n) is 1.65. The first-order valence-corrected chi connectivity index (χ1v) is 1.65. The molecule has 55 valence electrons. The average Bonchev–Trinajstić information content (AvgIpc) is 1.86. The van der Waals surface area contributed by atoms with Crippen LogP contribution in [0.3, 0.4) is 0 Å². The molecule has 0 aromatic rings.